The Bertz CT molecular complexity index is 809. The Balaban J connectivity index is 2.56. The lowest BCUT2D eigenvalue weighted by molar-refractivity contribution is -0.215. The zero-order valence-electron chi connectivity index (χ0n) is 15.5. The summed E-state index contributed by atoms with van der Waals surface area (Å²) in [6, 6.07) is 3.64. The lowest BCUT2D eigenvalue weighted by atomic mass is 10.1. The Kier molecular flexibility index (Phi) is 8.00. The van der Waals surface area contributed by atoms with Crippen molar-refractivity contribution >= 4 is 22.1 Å². The lowest BCUT2D eigenvalue weighted by Gasteiger charge is -2.19. The molecule has 0 saturated carbocycles. The number of carbonyl (C=O) groups is 2. The van der Waals surface area contributed by atoms with Crippen LogP contribution in [-0.2, 0) is 24.4 Å². The van der Waals surface area contributed by atoms with Crippen LogP contribution in [0.15, 0.2) is 12.1 Å². The van der Waals surface area contributed by atoms with Gasteiger partial charge in [-0.2, -0.15) is 21.6 Å². The van der Waals surface area contributed by atoms with Crippen LogP contribution in [0.4, 0.5) is 13.2 Å². The molecule has 0 aliphatic heterocycles. The third-order valence-corrected chi connectivity index (χ3v) is 4.31. The second-order valence-electron chi connectivity index (χ2n) is 6.32. The molecule has 1 rings (SSSR count). The van der Waals surface area contributed by atoms with E-state index in [0.717, 1.165) is 16.7 Å². The minimum atomic E-state index is -5.16. The van der Waals surface area contributed by atoms with E-state index in [2.05, 4.69) is 4.74 Å². The molecule has 1 unspecified atom stereocenters. The predicted molar refractivity (Wildman–Crippen MR) is 92.5 cm³/mol. The van der Waals surface area contributed by atoms with Gasteiger partial charge >= 0.3 is 18.1 Å². The number of hydrogen-bond donors (Lipinski definition) is 1. The molecule has 0 saturated heterocycles. The molecule has 28 heavy (non-hydrogen) atoms. The molecule has 1 atom stereocenters. The number of esters is 2. The lowest BCUT2D eigenvalue weighted by Crippen LogP contribution is -2.39. The summed E-state index contributed by atoms with van der Waals surface area (Å²) in [5.41, 5.74) is 2.47. The zero-order chi connectivity index (χ0) is 21.7. The van der Waals surface area contributed by atoms with Gasteiger partial charge in [0.15, 0.2) is 0 Å². The van der Waals surface area contributed by atoms with E-state index in [1.54, 1.807) is 13.8 Å². The highest BCUT2D eigenvalue weighted by atomic mass is 32.2. The number of aryl methyl sites for hydroxylation is 3. The molecule has 0 aliphatic rings. The molecule has 7 nitrogen and oxygen atoms in total. The maximum absolute atomic E-state index is 12.7. The van der Waals surface area contributed by atoms with E-state index in [9.17, 15) is 31.2 Å². The smallest absolute Gasteiger partial charge is 0.426 e. The van der Waals surface area contributed by atoms with Gasteiger partial charge in [0.25, 0.3) is 10.1 Å². The van der Waals surface area contributed by atoms with Crippen LogP contribution >= 0.6 is 0 Å². The largest absolute Gasteiger partial charge is 0.451 e. The summed E-state index contributed by atoms with van der Waals surface area (Å²) < 4.78 is 77.1. The molecule has 1 aromatic carbocycles. The van der Waals surface area contributed by atoms with Crippen molar-refractivity contribution in [1.29, 1.82) is 0 Å². The SMILES string of the molecule is Cc1cc(C)c(OC(=O)CCCC(=O)OC(CS(=O)(=O)O)C(F)(F)F)c(C)c1. The average Bonchev–Trinajstić information content (AvgIpc) is 2.48. The number of alkyl halides is 3. The van der Waals surface area contributed by atoms with Crippen LogP contribution in [0.1, 0.15) is 36.0 Å². The third kappa shape index (κ3) is 8.26. The number of carbonyl (C=O) groups excluding carboxylic acids is 2. The maximum Gasteiger partial charge on any atom is 0.426 e. The highest BCUT2D eigenvalue weighted by Crippen LogP contribution is 2.26. The quantitative estimate of drug-likeness (QED) is 0.387. The summed E-state index contributed by atoms with van der Waals surface area (Å²) in [6.07, 6.45) is -9.11. The standard InChI is InChI=1S/C17H21F3O7S/c1-10-7-11(2)16(12(3)8-10)27-15(22)6-4-5-14(21)26-13(17(18,19)20)9-28(23,24)25/h7-8,13H,4-6,9H2,1-3H3,(H,23,24,25). The fourth-order valence-electron chi connectivity index (χ4n) is 2.47. The average molecular weight is 426 g/mol. The van der Waals surface area contributed by atoms with Gasteiger partial charge in [-0.1, -0.05) is 17.7 Å². The monoisotopic (exact) mass is 426 g/mol. The van der Waals surface area contributed by atoms with E-state index >= 15 is 0 Å². The van der Waals surface area contributed by atoms with Gasteiger partial charge in [-0.3, -0.25) is 14.1 Å². The molecule has 1 N–H and O–H groups in total. The Hall–Kier alpha value is -2.14. The molecule has 0 amide bonds. The van der Waals surface area contributed by atoms with Crippen LogP contribution in [0.5, 0.6) is 5.75 Å². The van der Waals surface area contributed by atoms with Gasteiger partial charge in [-0.25, -0.2) is 0 Å². The number of benzene rings is 1. The zero-order valence-corrected chi connectivity index (χ0v) is 16.3. The maximum atomic E-state index is 12.7. The first-order chi connectivity index (χ1) is 12.7. The van der Waals surface area contributed by atoms with Gasteiger partial charge in [-0.05, 0) is 38.3 Å². The molecule has 0 radical (unpaired) electrons. The first-order valence-corrected chi connectivity index (χ1v) is 9.80. The first kappa shape index (κ1) is 23.9. The van der Waals surface area contributed by atoms with Crippen LogP contribution in [0.2, 0.25) is 0 Å². The minimum absolute atomic E-state index is 0.155. The van der Waals surface area contributed by atoms with E-state index < -0.39 is 46.5 Å². The highest BCUT2D eigenvalue weighted by Gasteiger charge is 2.45. The summed E-state index contributed by atoms with van der Waals surface area (Å²) in [4.78, 5) is 23.4. The molecular weight excluding hydrogens is 405 g/mol. The summed E-state index contributed by atoms with van der Waals surface area (Å²) in [5, 5.41) is 0. The predicted octanol–water partition coefficient (Wildman–Crippen LogP) is 3.05. The topological polar surface area (TPSA) is 107 Å². The number of rotatable bonds is 8. The summed E-state index contributed by atoms with van der Waals surface area (Å²) in [6.45, 7) is 5.40. The molecule has 0 spiro atoms. The molecule has 0 aliphatic carbocycles. The van der Waals surface area contributed by atoms with E-state index in [4.69, 9.17) is 9.29 Å². The number of halogens is 3. The summed E-state index contributed by atoms with van der Waals surface area (Å²) >= 11 is 0. The molecule has 0 fully saturated rings. The summed E-state index contributed by atoms with van der Waals surface area (Å²) in [5.74, 6) is -3.44. The van der Waals surface area contributed by atoms with Gasteiger partial charge < -0.3 is 9.47 Å². The van der Waals surface area contributed by atoms with Gasteiger partial charge in [0.05, 0.1) is 0 Å². The van der Waals surface area contributed by atoms with E-state index in [1.807, 2.05) is 19.1 Å². The number of ether oxygens (including phenoxy) is 2. The van der Waals surface area contributed by atoms with Crippen LogP contribution in [0.3, 0.4) is 0 Å². The van der Waals surface area contributed by atoms with Crippen molar-refractivity contribution in [1.82, 2.24) is 0 Å². The Morgan fingerprint density at radius 2 is 1.57 bits per heavy atom. The Morgan fingerprint density at radius 3 is 2.04 bits per heavy atom. The third-order valence-electron chi connectivity index (χ3n) is 3.58. The molecule has 11 heteroatoms. The molecule has 0 bridgehead atoms. The second kappa shape index (κ2) is 9.37. The van der Waals surface area contributed by atoms with Crippen molar-refractivity contribution in [2.75, 3.05) is 5.75 Å². The van der Waals surface area contributed by atoms with Crippen molar-refractivity contribution in [3.8, 4) is 5.75 Å². The van der Waals surface area contributed by atoms with Crippen molar-refractivity contribution in [2.24, 2.45) is 0 Å². The molecule has 158 valence electrons. The fraction of sp³-hybridized carbons (Fsp3) is 0.529. The molecular formula is C17H21F3O7S. The van der Waals surface area contributed by atoms with Crippen LogP contribution in [0, 0.1) is 20.8 Å². The minimum Gasteiger partial charge on any atom is -0.451 e. The van der Waals surface area contributed by atoms with Crippen LogP contribution < -0.4 is 4.74 Å². The first-order valence-electron chi connectivity index (χ1n) is 8.19. The highest BCUT2D eigenvalue weighted by molar-refractivity contribution is 7.85. The van der Waals surface area contributed by atoms with Gasteiger partial charge in [0.2, 0.25) is 6.10 Å². The van der Waals surface area contributed by atoms with Gasteiger partial charge in [0.1, 0.15) is 11.5 Å². The molecule has 1 aromatic rings. The van der Waals surface area contributed by atoms with Crippen molar-refractivity contribution in [2.45, 2.75) is 52.3 Å². The normalized spacial score (nSPS) is 13.1. The van der Waals surface area contributed by atoms with Crippen molar-refractivity contribution in [3.05, 3.63) is 28.8 Å². The van der Waals surface area contributed by atoms with Crippen molar-refractivity contribution < 1.29 is 45.2 Å². The van der Waals surface area contributed by atoms with Crippen LogP contribution in [0.25, 0.3) is 0 Å². The van der Waals surface area contributed by atoms with Crippen molar-refractivity contribution in [3.63, 3.8) is 0 Å². The molecule has 0 heterocycles. The molecule has 0 aromatic heterocycles. The van der Waals surface area contributed by atoms with E-state index in [-0.39, 0.29) is 12.8 Å². The fourth-order valence-corrected chi connectivity index (χ4v) is 3.11. The second-order valence-corrected chi connectivity index (χ2v) is 7.82. The Morgan fingerprint density at radius 1 is 1.07 bits per heavy atom. The summed E-state index contributed by atoms with van der Waals surface area (Å²) in [7, 11) is -5.00. The van der Waals surface area contributed by atoms with Gasteiger partial charge in [0, 0.05) is 12.8 Å². The van der Waals surface area contributed by atoms with Gasteiger partial charge in [-0.15, -0.1) is 0 Å². The van der Waals surface area contributed by atoms with Crippen LogP contribution in [-0.4, -0.2) is 42.9 Å². The number of hydrogen-bond acceptors (Lipinski definition) is 6. The van der Waals surface area contributed by atoms with E-state index in [0.29, 0.717) is 5.75 Å². The Labute approximate surface area is 160 Å². The van der Waals surface area contributed by atoms with E-state index in [1.165, 1.54) is 0 Å².